The number of methoxy groups -OCH3 is 2. The molecule has 0 radical (unpaired) electrons. The highest BCUT2D eigenvalue weighted by Gasteiger charge is 2.32. The first-order chi connectivity index (χ1) is 14.0. The zero-order chi connectivity index (χ0) is 20.8. The number of carbonyl (C=O) groups is 2. The molecule has 1 N–H and O–H groups in total. The molecule has 1 heterocycles. The smallest absolute Gasteiger partial charge is 0.266 e. The number of rotatable bonds is 7. The van der Waals surface area contributed by atoms with Gasteiger partial charge in [-0.05, 0) is 36.4 Å². The van der Waals surface area contributed by atoms with Gasteiger partial charge in [0.2, 0.25) is 5.91 Å². The molecule has 29 heavy (non-hydrogen) atoms. The average molecular weight is 429 g/mol. The SMILES string of the molecule is COc1ccc(NC(=O)CCN2C(=O)/C(=C\c3ccccc3OC)SC2=S)cc1. The van der Waals surface area contributed by atoms with Gasteiger partial charge in [-0.15, -0.1) is 0 Å². The number of thioether (sulfide) groups is 1. The van der Waals surface area contributed by atoms with E-state index < -0.39 is 0 Å². The van der Waals surface area contributed by atoms with Gasteiger partial charge in [0.1, 0.15) is 15.8 Å². The van der Waals surface area contributed by atoms with Crippen molar-refractivity contribution in [2.75, 3.05) is 26.1 Å². The molecule has 6 nitrogen and oxygen atoms in total. The molecule has 0 unspecified atom stereocenters. The lowest BCUT2D eigenvalue weighted by atomic mass is 10.2. The van der Waals surface area contributed by atoms with E-state index in [9.17, 15) is 9.59 Å². The fourth-order valence-corrected chi connectivity index (χ4v) is 4.03. The Bertz CT molecular complexity index is 957. The van der Waals surface area contributed by atoms with Gasteiger partial charge in [-0.3, -0.25) is 14.5 Å². The van der Waals surface area contributed by atoms with Crippen LogP contribution in [0.1, 0.15) is 12.0 Å². The minimum Gasteiger partial charge on any atom is -0.497 e. The standard InChI is InChI=1S/C21H20N2O4S2/c1-26-16-9-7-15(8-10-16)22-19(24)11-12-23-20(25)18(29-21(23)28)13-14-5-3-4-6-17(14)27-2/h3-10,13H,11-12H2,1-2H3,(H,22,24)/b18-13+. The Morgan fingerprint density at radius 3 is 2.55 bits per heavy atom. The molecule has 150 valence electrons. The largest absolute Gasteiger partial charge is 0.497 e. The first-order valence-corrected chi connectivity index (χ1v) is 10.1. The van der Waals surface area contributed by atoms with Crippen LogP contribution in [0.15, 0.2) is 53.4 Å². The zero-order valence-electron chi connectivity index (χ0n) is 16.0. The van der Waals surface area contributed by atoms with Crippen molar-refractivity contribution < 1.29 is 19.1 Å². The van der Waals surface area contributed by atoms with Crippen LogP contribution in [0, 0.1) is 0 Å². The number of thiocarbonyl (C=S) groups is 1. The molecule has 3 rings (SSSR count). The number of nitrogens with one attached hydrogen (secondary N) is 1. The fourth-order valence-electron chi connectivity index (χ4n) is 2.73. The minimum absolute atomic E-state index is 0.139. The number of para-hydroxylation sites is 1. The van der Waals surface area contributed by atoms with Crippen LogP contribution in [-0.4, -0.2) is 41.8 Å². The summed E-state index contributed by atoms with van der Waals surface area (Å²) in [6.07, 6.45) is 1.90. The molecule has 0 atom stereocenters. The van der Waals surface area contributed by atoms with Gasteiger partial charge in [-0.25, -0.2) is 0 Å². The molecule has 1 aliphatic rings. The first kappa shape index (κ1) is 20.9. The Labute approximate surface area is 178 Å². The number of anilines is 1. The Hall–Kier alpha value is -2.84. The van der Waals surface area contributed by atoms with E-state index in [4.69, 9.17) is 21.7 Å². The normalized spacial score (nSPS) is 15.0. The van der Waals surface area contributed by atoms with Gasteiger partial charge in [0.25, 0.3) is 5.91 Å². The second-order valence-corrected chi connectivity index (χ2v) is 7.78. The summed E-state index contributed by atoms with van der Waals surface area (Å²) in [5, 5.41) is 2.80. The number of hydrogen-bond acceptors (Lipinski definition) is 6. The van der Waals surface area contributed by atoms with E-state index in [2.05, 4.69) is 5.32 Å². The van der Waals surface area contributed by atoms with Crippen LogP contribution >= 0.6 is 24.0 Å². The predicted molar refractivity (Wildman–Crippen MR) is 119 cm³/mol. The maximum Gasteiger partial charge on any atom is 0.266 e. The topological polar surface area (TPSA) is 67.9 Å². The summed E-state index contributed by atoms with van der Waals surface area (Å²) in [6, 6.07) is 14.5. The number of amides is 2. The lowest BCUT2D eigenvalue weighted by molar-refractivity contribution is -0.122. The molecule has 0 saturated carbocycles. The predicted octanol–water partition coefficient (Wildman–Crippen LogP) is 3.93. The monoisotopic (exact) mass is 428 g/mol. The molecule has 2 aromatic carbocycles. The lowest BCUT2D eigenvalue weighted by Gasteiger charge is -2.14. The van der Waals surface area contributed by atoms with Crippen molar-refractivity contribution in [3.8, 4) is 11.5 Å². The van der Waals surface area contributed by atoms with Gasteiger partial charge in [0.15, 0.2) is 0 Å². The van der Waals surface area contributed by atoms with Crippen LogP contribution in [-0.2, 0) is 9.59 Å². The molecule has 0 aromatic heterocycles. The number of hydrogen-bond donors (Lipinski definition) is 1. The second kappa shape index (κ2) is 9.58. The Kier molecular flexibility index (Phi) is 6.90. The van der Waals surface area contributed by atoms with Gasteiger partial charge in [-0.2, -0.15) is 0 Å². The molecule has 0 bridgehead atoms. The molecular formula is C21H20N2O4S2. The van der Waals surface area contributed by atoms with Gasteiger partial charge in [0, 0.05) is 24.2 Å². The van der Waals surface area contributed by atoms with E-state index >= 15 is 0 Å². The van der Waals surface area contributed by atoms with Crippen molar-refractivity contribution in [2.45, 2.75) is 6.42 Å². The third kappa shape index (κ3) is 5.16. The first-order valence-electron chi connectivity index (χ1n) is 8.84. The van der Waals surface area contributed by atoms with Crippen molar-refractivity contribution in [1.29, 1.82) is 0 Å². The highest BCUT2D eigenvalue weighted by Crippen LogP contribution is 2.34. The van der Waals surface area contributed by atoms with Crippen LogP contribution in [0.2, 0.25) is 0 Å². The zero-order valence-corrected chi connectivity index (χ0v) is 17.6. The number of carbonyl (C=O) groups excluding carboxylic acids is 2. The van der Waals surface area contributed by atoms with Crippen LogP contribution in [0.5, 0.6) is 11.5 Å². The van der Waals surface area contributed by atoms with Crippen LogP contribution in [0.4, 0.5) is 5.69 Å². The van der Waals surface area contributed by atoms with Crippen molar-refractivity contribution in [1.82, 2.24) is 4.90 Å². The fraction of sp³-hybridized carbons (Fsp3) is 0.190. The van der Waals surface area contributed by atoms with E-state index in [1.165, 1.54) is 16.7 Å². The minimum atomic E-state index is -0.205. The second-order valence-electron chi connectivity index (χ2n) is 6.10. The summed E-state index contributed by atoms with van der Waals surface area (Å²) in [5.41, 5.74) is 1.46. The van der Waals surface area contributed by atoms with Gasteiger partial charge < -0.3 is 14.8 Å². The Balaban J connectivity index is 1.61. The molecule has 0 aliphatic carbocycles. The summed E-state index contributed by atoms with van der Waals surface area (Å²) in [6.45, 7) is 0.218. The number of benzene rings is 2. The average Bonchev–Trinajstić information content (AvgIpc) is 3.00. The van der Waals surface area contributed by atoms with Crippen molar-refractivity contribution in [3.63, 3.8) is 0 Å². The van der Waals surface area contributed by atoms with E-state index in [0.29, 0.717) is 26.4 Å². The molecule has 1 aliphatic heterocycles. The van der Waals surface area contributed by atoms with Crippen molar-refractivity contribution in [2.24, 2.45) is 0 Å². The molecule has 8 heteroatoms. The summed E-state index contributed by atoms with van der Waals surface area (Å²) >= 11 is 6.56. The molecule has 2 amide bonds. The summed E-state index contributed by atoms with van der Waals surface area (Å²) in [7, 11) is 3.16. The maximum atomic E-state index is 12.7. The van der Waals surface area contributed by atoms with Crippen LogP contribution in [0.25, 0.3) is 6.08 Å². The van der Waals surface area contributed by atoms with Crippen molar-refractivity contribution in [3.05, 3.63) is 59.0 Å². The maximum absolute atomic E-state index is 12.7. The summed E-state index contributed by atoms with van der Waals surface area (Å²) < 4.78 is 10.9. The van der Waals surface area contributed by atoms with E-state index in [1.54, 1.807) is 44.6 Å². The molecular weight excluding hydrogens is 408 g/mol. The summed E-state index contributed by atoms with van der Waals surface area (Å²) in [4.78, 5) is 26.9. The van der Waals surface area contributed by atoms with E-state index in [1.807, 2.05) is 24.3 Å². The lowest BCUT2D eigenvalue weighted by Crippen LogP contribution is -2.31. The highest BCUT2D eigenvalue weighted by atomic mass is 32.2. The quantitative estimate of drug-likeness (QED) is 0.532. The third-order valence-corrected chi connectivity index (χ3v) is 5.61. The molecule has 2 aromatic rings. The Morgan fingerprint density at radius 2 is 1.86 bits per heavy atom. The third-order valence-electron chi connectivity index (χ3n) is 4.24. The summed E-state index contributed by atoms with van der Waals surface area (Å²) in [5.74, 6) is 0.986. The number of ether oxygens (including phenoxy) is 2. The highest BCUT2D eigenvalue weighted by molar-refractivity contribution is 8.26. The van der Waals surface area contributed by atoms with E-state index in [-0.39, 0.29) is 24.8 Å². The number of nitrogens with zero attached hydrogens (tertiary/aromatic N) is 1. The van der Waals surface area contributed by atoms with Crippen molar-refractivity contribution >= 4 is 51.9 Å². The molecule has 1 fully saturated rings. The molecule has 1 saturated heterocycles. The van der Waals surface area contributed by atoms with Crippen LogP contribution in [0.3, 0.4) is 0 Å². The van der Waals surface area contributed by atoms with Gasteiger partial charge in [0.05, 0.1) is 19.1 Å². The molecule has 0 spiro atoms. The Morgan fingerprint density at radius 1 is 1.14 bits per heavy atom. The van der Waals surface area contributed by atoms with Crippen LogP contribution < -0.4 is 14.8 Å². The van der Waals surface area contributed by atoms with Gasteiger partial charge in [-0.1, -0.05) is 42.2 Å². The van der Waals surface area contributed by atoms with E-state index in [0.717, 1.165) is 5.56 Å². The van der Waals surface area contributed by atoms with Gasteiger partial charge >= 0.3 is 0 Å².